The maximum absolute atomic E-state index is 12.8. The minimum atomic E-state index is -0.166. The predicted molar refractivity (Wildman–Crippen MR) is 105 cm³/mol. The first-order valence-corrected chi connectivity index (χ1v) is 9.94. The fourth-order valence-electron chi connectivity index (χ4n) is 4.60. The van der Waals surface area contributed by atoms with E-state index >= 15 is 0 Å². The fourth-order valence-corrected chi connectivity index (χ4v) is 4.86. The Labute approximate surface area is 165 Å². The molecule has 5 rings (SSSR count). The van der Waals surface area contributed by atoms with Crippen LogP contribution in [0.15, 0.2) is 65.2 Å². The van der Waals surface area contributed by atoms with Gasteiger partial charge in [-0.25, -0.2) is 0 Å². The van der Waals surface area contributed by atoms with Gasteiger partial charge in [0.25, 0.3) is 0 Å². The van der Waals surface area contributed by atoms with Crippen molar-refractivity contribution in [1.29, 1.82) is 0 Å². The van der Waals surface area contributed by atoms with Crippen LogP contribution >= 0.6 is 15.9 Å². The average Bonchev–Trinajstić information content (AvgIpc) is 3.36. The number of nitrogens with zero attached hydrogens (tertiary/aromatic N) is 1. The molecule has 2 bridgehead atoms. The highest BCUT2D eigenvalue weighted by Crippen LogP contribution is 2.53. The molecule has 0 aromatic heterocycles. The number of benzene rings is 2. The second kappa shape index (κ2) is 6.34. The third-order valence-corrected chi connectivity index (χ3v) is 6.41. The summed E-state index contributed by atoms with van der Waals surface area (Å²) in [4.78, 5) is 27.1. The van der Waals surface area contributed by atoms with Crippen molar-refractivity contribution < 1.29 is 14.3 Å². The second-order valence-electron chi connectivity index (χ2n) is 7.42. The number of carbonyl (C=O) groups is 2. The summed E-state index contributed by atoms with van der Waals surface area (Å²) in [6.07, 6.45) is 5.17. The van der Waals surface area contributed by atoms with E-state index in [2.05, 4.69) is 28.1 Å². The van der Waals surface area contributed by atoms with Gasteiger partial charge in [0.2, 0.25) is 11.8 Å². The summed E-state index contributed by atoms with van der Waals surface area (Å²) < 4.78 is 6.84. The molecule has 0 spiro atoms. The van der Waals surface area contributed by atoms with Gasteiger partial charge in [0.15, 0.2) is 0 Å². The molecule has 0 radical (unpaired) electrons. The van der Waals surface area contributed by atoms with E-state index < -0.39 is 0 Å². The van der Waals surface area contributed by atoms with Crippen molar-refractivity contribution in [1.82, 2.24) is 0 Å². The first-order valence-electron chi connectivity index (χ1n) is 9.15. The Kier molecular flexibility index (Phi) is 3.93. The zero-order valence-electron chi connectivity index (χ0n) is 14.5. The lowest BCUT2D eigenvalue weighted by atomic mass is 9.85. The second-order valence-corrected chi connectivity index (χ2v) is 8.34. The van der Waals surface area contributed by atoms with Crippen molar-refractivity contribution in [2.75, 3.05) is 4.90 Å². The van der Waals surface area contributed by atoms with Crippen LogP contribution in [-0.2, 0) is 16.2 Å². The molecule has 2 aromatic rings. The largest absolute Gasteiger partial charge is 0.489 e. The minimum Gasteiger partial charge on any atom is -0.489 e. The van der Waals surface area contributed by atoms with Crippen molar-refractivity contribution >= 4 is 33.4 Å². The first-order chi connectivity index (χ1) is 13.1. The smallest absolute Gasteiger partial charge is 0.238 e. The van der Waals surface area contributed by atoms with Crippen molar-refractivity contribution in [2.45, 2.75) is 13.0 Å². The number of halogens is 1. The molecular weight excluding hydrogens is 406 g/mol. The number of rotatable bonds is 4. The van der Waals surface area contributed by atoms with Gasteiger partial charge in [0, 0.05) is 4.47 Å². The maximum Gasteiger partial charge on any atom is 0.238 e. The van der Waals surface area contributed by atoms with E-state index in [-0.39, 0.29) is 35.5 Å². The number of imide groups is 1. The molecule has 4 atom stereocenters. The third kappa shape index (κ3) is 2.72. The van der Waals surface area contributed by atoms with Crippen LogP contribution in [0.3, 0.4) is 0 Å². The van der Waals surface area contributed by atoms with Gasteiger partial charge in [-0.15, -0.1) is 0 Å². The molecular formula is C22H18BrNO3. The van der Waals surface area contributed by atoms with Gasteiger partial charge in [0.05, 0.1) is 17.5 Å². The van der Waals surface area contributed by atoms with E-state index in [0.29, 0.717) is 18.0 Å². The molecule has 136 valence electrons. The van der Waals surface area contributed by atoms with Gasteiger partial charge < -0.3 is 4.74 Å². The zero-order valence-corrected chi connectivity index (χ0v) is 16.1. The summed E-state index contributed by atoms with van der Waals surface area (Å²) in [6, 6.07) is 15.2. The van der Waals surface area contributed by atoms with E-state index in [4.69, 9.17) is 4.74 Å². The highest BCUT2D eigenvalue weighted by atomic mass is 79.9. The molecule has 0 unspecified atom stereocenters. The van der Waals surface area contributed by atoms with Gasteiger partial charge in [-0.05, 0) is 60.2 Å². The molecule has 0 N–H and O–H groups in total. The van der Waals surface area contributed by atoms with Crippen LogP contribution in [0.25, 0.3) is 0 Å². The third-order valence-electron chi connectivity index (χ3n) is 5.88. The summed E-state index contributed by atoms with van der Waals surface area (Å²) >= 11 is 3.42. The van der Waals surface area contributed by atoms with Crippen molar-refractivity contribution in [3.8, 4) is 5.75 Å². The van der Waals surface area contributed by atoms with Gasteiger partial charge in [-0.2, -0.15) is 0 Å². The molecule has 27 heavy (non-hydrogen) atoms. The monoisotopic (exact) mass is 423 g/mol. The Hall–Kier alpha value is -2.40. The molecule has 3 aliphatic rings. The first kappa shape index (κ1) is 16.8. The van der Waals surface area contributed by atoms with Crippen LogP contribution in [0.4, 0.5) is 5.69 Å². The summed E-state index contributed by atoms with van der Waals surface area (Å²) in [6.45, 7) is 0.466. The van der Waals surface area contributed by atoms with E-state index in [0.717, 1.165) is 16.5 Å². The predicted octanol–water partition coefficient (Wildman–Crippen LogP) is 4.34. The number of hydrogen-bond acceptors (Lipinski definition) is 3. The van der Waals surface area contributed by atoms with Gasteiger partial charge >= 0.3 is 0 Å². The molecule has 1 heterocycles. The van der Waals surface area contributed by atoms with E-state index in [9.17, 15) is 9.59 Å². The standard InChI is InChI=1S/C22H18BrNO3/c23-16-5-1-13(2-6-16)12-27-18-9-7-17(8-10-18)24-21(25)19-14-3-4-15(11-14)20(19)22(24)26/h1-10,14-15,19-20H,11-12H2/t14-,15-,19-,20-/m0/s1. The zero-order chi connectivity index (χ0) is 18.5. The van der Waals surface area contributed by atoms with Crippen LogP contribution in [0, 0.1) is 23.7 Å². The Balaban J connectivity index is 1.30. The Morgan fingerprint density at radius 3 is 2.07 bits per heavy atom. The van der Waals surface area contributed by atoms with Crippen molar-refractivity contribution in [3.05, 3.63) is 70.7 Å². The minimum absolute atomic E-state index is 0.0506. The molecule has 2 fully saturated rings. The number of allylic oxidation sites excluding steroid dienone is 2. The lowest BCUT2D eigenvalue weighted by Crippen LogP contribution is -2.32. The Morgan fingerprint density at radius 1 is 0.889 bits per heavy atom. The highest BCUT2D eigenvalue weighted by Gasteiger charge is 2.59. The van der Waals surface area contributed by atoms with Crippen LogP contribution in [0.2, 0.25) is 0 Å². The topological polar surface area (TPSA) is 46.6 Å². The van der Waals surface area contributed by atoms with E-state index in [1.807, 2.05) is 36.4 Å². The summed E-state index contributed by atoms with van der Waals surface area (Å²) in [5.41, 5.74) is 1.71. The molecule has 1 saturated carbocycles. The molecule has 1 aliphatic heterocycles. The molecule has 2 aliphatic carbocycles. The highest BCUT2D eigenvalue weighted by molar-refractivity contribution is 9.10. The molecule has 4 nitrogen and oxygen atoms in total. The molecule has 5 heteroatoms. The lowest BCUT2D eigenvalue weighted by Gasteiger charge is -2.17. The van der Waals surface area contributed by atoms with Crippen molar-refractivity contribution in [3.63, 3.8) is 0 Å². The van der Waals surface area contributed by atoms with E-state index in [1.54, 1.807) is 12.1 Å². The number of amides is 2. The number of fused-ring (bicyclic) bond motifs is 5. The molecule has 2 aromatic carbocycles. The van der Waals surface area contributed by atoms with Gasteiger partial charge in [-0.1, -0.05) is 40.2 Å². The van der Waals surface area contributed by atoms with Gasteiger partial charge in [-0.3, -0.25) is 14.5 Å². The number of ether oxygens (including phenoxy) is 1. The average molecular weight is 424 g/mol. The Bertz CT molecular complexity index is 905. The summed E-state index contributed by atoms with van der Waals surface area (Å²) in [7, 11) is 0. The number of carbonyl (C=O) groups excluding carboxylic acids is 2. The fraction of sp³-hybridized carbons (Fsp3) is 0.273. The summed E-state index contributed by atoms with van der Waals surface area (Å²) in [5.74, 6) is 0.741. The quantitative estimate of drug-likeness (QED) is 0.542. The molecule has 1 saturated heterocycles. The normalized spacial score (nSPS) is 28.1. The lowest BCUT2D eigenvalue weighted by molar-refractivity contribution is -0.123. The number of anilines is 1. The van der Waals surface area contributed by atoms with Crippen LogP contribution < -0.4 is 9.64 Å². The SMILES string of the molecule is O=C1[C@@H]2[C@@H](C(=O)N1c1ccc(OCc3ccc(Br)cc3)cc1)[C@H]1C=C[C@H]2C1. The van der Waals surface area contributed by atoms with Gasteiger partial charge in [0.1, 0.15) is 12.4 Å². The molecule has 2 amide bonds. The number of hydrogen-bond donors (Lipinski definition) is 0. The van der Waals surface area contributed by atoms with Crippen LogP contribution in [-0.4, -0.2) is 11.8 Å². The van der Waals surface area contributed by atoms with Crippen LogP contribution in [0.5, 0.6) is 5.75 Å². The van der Waals surface area contributed by atoms with Crippen molar-refractivity contribution in [2.24, 2.45) is 23.7 Å². The summed E-state index contributed by atoms with van der Waals surface area (Å²) in [5, 5.41) is 0. The van der Waals surface area contributed by atoms with Crippen LogP contribution in [0.1, 0.15) is 12.0 Å². The maximum atomic E-state index is 12.8. The Morgan fingerprint density at radius 2 is 1.48 bits per heavy atom. The van der Waals surface area contributed by atoms with E-state index in [1.165, 1.54) is 4.90 Å².